The fourth-order valence-electron chi connectivity index (χ4n) is 4.55. The Hall–Kier alpha value is -0.120. The van der Waals surface area contributed by atoms with Gasteiger partial charge in [-0.05, 0) is 30.1 Å². The number of aliphatic hydroxyl groups is 1. The third-order valence-electron chi connectivity index (χ3n) is 4.96. The Labute approximate surface area is 83.4 Å². The van der Waals surface area contributed by atoms with Crippen LogP contribution < -0.4 is 0 Å². The van der Waals surface area contributed by atoms with Crippen LogP contribution in [0.3, 0.4) is 0 Å². The zero-order valence-electron chi connectivity index (χ0n) is 8.19. The van der Waals surface area contributed by atoms with E-state index >= 15 is 0 Å². The van der Waals surface area contributed by atoms with E-state index in [1.807, 2.05) is 0 Å². The lowest BCUT2D eigenvalue weighted by molar-refractivity contribution is -0.193. The van der Waals surface area contributed by atoms with Gasteiger partial charge in [-0.15, -0.1) is 0 Å². The molecule has 2 bridgehead atoms. The van der Waals surface area contributed by atoms with E-state index in [0.717, 1.165) is 37.4 Å². The maximum Gasteiger partial charge on any atom is 0.171 e. The van der Waals surface area contributed by atoms with Gasteiger partial charge in [-0.25, -0.2) is 0 Å². The fourth-order valence-corrected chi connectivity index (χ4v) is 4.55. The van der Waals surface area contributed by atoms with Crippen molar-refractivity contribution >= 4 is 0 Å². The minimum absolute atomic E-state index is 0.213. The molecule has 1 aliphatic heterocycles. The molecular weight excluding hydrogens is 180 g/mol. The molecule has 1 spiro atoms. The van der Waals surface area contributed by atoms with Gasteiger partial charge in [0.25, 0.3) is 0 Å². The molecule has 4 rings (SSSR count). The summed E-state index contributed by atoms with van der Waals surface area (Å²) in [7, 11) is 0. The molecule has 0 aromatic heterocycles. The zero-order valence-corrected chi connectivity index (χ0v) is 8.19. The minimum Gasteiger partial charge on any atom is -0.396 e. The summed E-state index contributed by atoms with van der Waals surface area (Å²) in [4.78, 5) is 0. The molecule has 3 nitrogen and oxygen atoms in total. The van der Waals surface area contributed by atoms with E-state index in [9.17, 15) is 5.11 Å². The van der Waals surface area contributed by atoms with Crippen LogP contribution in [0.4, 0.5) is 0 Å². The average Bonchev–Trinajstić information content (AvgIpc) is 2.55. The first-order valence-electron chi connectivity index (χ1n) is 5.74. The first kappa shape index (κ1) is 8.08. The first-order chi connectivity index (χ1) is 6.86. The predicted octanol–water partition coefficient (Wildman–Crippen LogP) is 0.624. The molecule has 3 heteroatoms. The summed E-state index contributed by atoms with van der Waals surface area (Å²) >= 11 is 0. The molecular formula is C11H16O3. The van der Waals surface area contributed by atoms with E-state index in [0.29, 0.717) is 18.4 Å². The van der Waals surface area contributed by atoms with Crippen molar-refractivity contribution in [2.45, 2.75) is 18.6 Å². The van der Waals surface area contributed by atoms with E-state index in [2.05, 4.69) is 0 Å². The molecule has 3 aliphatic carbocycles. The summed E-state index contributed by atoms with van der Waals surface area (Å²) in [6.07, 6.45) is 2.38. The van der Waals surface area contributed by atoms with Crippen LogP contribution >= 0.6 is 0 Å². The molecule has 1 N–H and O–H groups in total. The molecule has 1 heterocycles. The van der Waals surface area contributed by atoms with Gasteiger partial charge in [-0.1, -0.05) is 0 Å². The van der Waals surface area contributed by atoms with Crippen molar-refractivity contribution < 1.29 is 14.6 Å². The topological polar surface area (TPSA) is 38.7 Å². The molecule has 78 valence electrons. The summed E-state index contributed by atoms with van der Waals surface area (Å²) in [6, 6.07) is 0. The van der Waals surface area contributed by atoms with E-state index in [1.54, 1.807) is 0 Å². The molecule has 14 heavy (non-hydrogen) atoms. The lowest BCUT2D eigenvalue weighted by Gasteiger charge is -2.31. The van der Waals surface area contributed by atoms with Crippen molar-refractivity contribution in [1.29, 1.82) is 0 Å². The van der Waals surface area contributed by atoms with Crippen LogP contribution in [0.1, 0.15) is 12.8 Å². The summed E-state index contributed by atoms with van der Waals surface area (Å²) < 4.78 is 11.6. The highest BCUT2D eigenvalue weighted by Gasteiger charge is 2.73. The van der Waals surface area contributed by atoms with Crippen molar-refractivity contribution in [2.75, 3.05) is 19.8 Å². The van der Waals surface area contributed by atoms with Crippen LogP contribution in [-0.4, -0.2) is 30.7 Å². The number of ether oxygens (including phenoxy) is 2. The van der Waals surface area contributed by atoms with Crippen LogP contribution in [0.2, 0.25) is 0 Å². The highest BCUT2D eigenvalue weighted by molar-refractivity contribution is 5.18. The Morgan fingerprint density at radius 2 is 2.00 bits per heavy atom. The molecule has 5 atom stereocenters. The normalized spacial score (nSPS) is 56.8. The van der Waals surface area contributed by atoms with Gasteiger partial charge in [0.15, 0.2) is 5.79 Å². The van der Waals surface area contributed by atoms with Gasteiger partial charge in [0.05, 0.1) is 13.2 Å². The van der Waals surface area contributed by atoms with Gasteiger partial charge < -0.3 is 14.6 Å². The average molecular weight is 196 g/mol. The van der Waals surface area contributed by atoms with E-state index in [1.165, 1.54) is 6.42 Å². The zero-order chi connectivity index (χ0) is 9.34. The molecule has 4 aliphatic rings. The number of rotatable bonds is 1. The monoisotopic (exact) mass is 196 g/mol. The number of hydrogen-bond donors (Lipinski definition) is 1. The lowest BCUT2D eigenvalue weighted by atomic mass is 9.94. The summed E-state index contributed by atoms with van der Waals surface area (Å²) in [5, 5.41) is 9.22. The van der Waals surface area contributed by atoms with E-state index in [-0.39, 0.29) is 5.79 Å². The smallest absolute Gasteiger partial charge is 0.171 e. The molecule has 3 saturated carbocycles. The Balaban J connectivity index is 1.65. The molecule has 4 fully saturated rings. The van der Waals surface area contributed by atoms with Crippen LogP contribution in [0, 0.1) is 29.6 Å². The van der Waals surface area contributed by atoms with Crippen LogP contribution in [0.15, 0.2) is 0 Å². The van der Waals surface area contributed by atoms with Crippen LogP contribution in [-0.2, 0) is 9.47 Å². The molecule has 0 unspecified atom stereocenters. The molecule has 0 aromatic carbocycles. The number of hydrogen-bond acceptors (Lipinski definition) is 3. The van der Waals surface area contributed by atoms with Gasteiger partial charge in [-0.2, -0.15) is 0 Å². The highest BCUT2D eigenvalue weighted by atomic mass is 16.7. The quantitative estimate of drug-likeness (QED) is 0.668. The summed E-state index contributed by atoms with van der Waals surface area (Å²) in [5.41, 5.74) is 0. The van der Waals surface area contributed by atoms with E-state index in [4.69, 9.17) is 9.47 Å². The van der Waals surface area contributed by atoms with Gasteiger partial charge in [0.1, 0.15) is 0 Å². The van der Waals surface area contributed by atoms with Gasteiger partial charge in [0.2, 0.25) is 0 Å². The summed E-state index contributed by atoms with van der Waals surface area (Å²) in [6.45, 7) is 1.91. The Morgan fingerprint density at radius 3 is 2.71 bits per heavy atom. The highest BCUT2D eigenvalue weighted by Crippen LogP contribution is 2.73. The molecule has 1 saturated heterocycles. The fraction of sp³-hybridized carbons (Fsp3) is 1.00. The molecule has 0 aromatic rings. The third kappa shape index (κ3) is 0.730. The largest absolute Gasteiger partial charge is 0.396 e. The van der Waals surface area contributed by atoms with Crippen molar-refractivity contribution in [3.8, 4) is 0 Å². The van der Waals surface area contributed by atoms with Crippen LogP contribution in [0.25, 0.3) is 0 Å². The van der Waals surface area contributed by atoms with Gasteiger partial charge >= 0.3 is 0 Å². The molecule has 0 radical (unpaired) electrons. The second kappa shape index (κ2) is 2.34. The van der Waals surface area contributed by atoms with Crippen LogP contribution in [0.5, 0.6) is 0 Å². The maximum atomic E-state index is 9.22. The van der Waals surface area contributed by atoms with Crippen molar-refractivity contribution in [3.63, 3.8) is 0 Å². The van der Waals surface area contributed by atoms with Crippen molar-refractivity contribution in [3.05, 3.63) is 0 Å². The van der Waals surface area contributed by atoms with E-state index < -0.39 is 0 Å². The maximum absolute atomic E-state index is 9.22. The molecule has 0 amide bonds. The van der Waals surface area contributed by atoms with Crippen molar-refractivity contribution in [1.82, 2.24) is 0 Å². The van der Waals surface area contributed by atoms with Gasteiger partial charge in [0, 0.05) is 18.9 Å². The number of aliphatic hydroxyl groups excluding tert-OH is 1. The second-order valence-corrected chi connectivity index (χ2v) is 5.32. The second-order valence-electron chi connectivity index (χ2n) is 5.32. The predicted molar refractivity (Wildman–Crippen MR) is 48.4 cm³/mol. The minimum atomic E-state index is -0.213. The standard InChI is InChI=1S/C11H16O3/c12-5-7-9-6-3-8(10(7)9)11(4-6)13-1-2-14-11/h6-10,12H,1-5H2/t6-,7+,8-,9+,10+/m1/s1. The SMILES string of the molecule is OC[C@@H]1[C@@H]2[C@H]1[C@@H]1C[C@H]2C2(C1)OCCO2. The van der Waals surface area contributed by atoms with Gasteiger partial charge in [-0.3, -0.25) is 0 Å². The lowest BCUT2D eigenvalue weighted by Crippen LogP contribution is -2.37. The third-order valence-corrected chi connectivity index (χ3v) is 4.96. The first-order valence-corrected chi connectivity index (χ1v) is 5.74. The Kier molecular flexibility index (Phi) is 1.35. The Bertz CT molecular complexity index is 272. The summed E-state index contributed by atoms with van der Waals surface area (Å²) in [5.74, 6) is 3.26. The van der Waals surface area contributed by atoms with Crippen molar-refractivity contribution in [2.24, 2.45) is 29.6 Å². The Morgan fingerprint density at radius 1 is 1.21 bits per heavy atom. The number of fused-ring (bicyclic) bond motifs is 6.